The quantitative estimate of drug-likeness (QED) is 0.768. The highest BCUT2D eigenvalue weighted by Crippen LogP contribution is 2.28. The molecule has 23 heavy (non-hydrogen) atoms. The van der Waals surface area contributed by atoms with Gasteiger partial charge in [0, 0.05) is 25.1 Å². The number of rotatable bonds is 4. The van der Waals surface area contributed by atoms with E-state index in [-0.39, 0.29) is 36.2 Å². The molecule has 2 unspecified atom stereocenters. The molecule has 1 aromatic rings. The van der Waals surface area contributed by atoms with E-state index < -0.39 is 0 Å². The van der Waals surface area contributed by atoms with Gasteiger partial charge in [0.2, 0.25) is 11.8 Å². The molecule has 2 amide bonds. The molecule has 1 aromatic carbocycles. The number of nitrogens with one attached hydrogen (secondary N) is 2. The van der Waals surface area contributed by atoms with Crippen LogP contribution in [0.4, 0.5) is 11.4 Å². The van der Waals surface area contributed by atoms with Gasteiger partial charge >= 0.3 is 0 Å². The van der Waals surface area contributed by atoms with E-state index in [1.165, 1.54) is 6.92 Å². The fraction of sp³-hybridized carbons (Fsp3) is 0.500. The Kier molecular flexibility index (Phi) is 7.82. The summed E-state index contributed by atoms with van der Waals surface area (Å²) in [6, 6.07) is 5.14. The van der Waals surface area contributed by atoms with Crippen molar-refractivity contribution in [2.24, 2.45) is 11.7 Å². The zero-order valence-electron chi connectivity index (χ0n) is 13.1. The molecule has 0 spiro atoms. The van der Waals surface area contributed by atoms with E-state index in [0.29, 0.717) is 22.8 Å². The molecule has 0 heterocycles. The molecular weight excluding hydrogens is 337 g/mol. The van der Waals surface area contributed by atoms with Gasteiger partial charge in [0.25, 0.3) is 0 Å². The lowest BCUT2D eigenvalue weighted by atomic mass is 9.83. The number of hydrogen-bond donors (Lipinski definition) is 3. The van der Waals surface area contributed by atoms with Crippen molar-refractivity contribution in [3.63, 3.8) is 0 Å². The van der Waals surface area contributed by atoms with Crippen molar-refractivity contribution in [1.82, 2.24) is 0 Å². The van der Waals surface area contributed by atoms with Crippen LogP contribution < -0.4 is 16.4 Å². The normalized spacial score (nSPS) is 20.3. The van der Waals surface area contributed by atoms with Crippen molar-refractivity contribution < 1.29 is 9.59 Å². The average Bonchev–Trinajstić information content (AvgIpc) is 2.44. The molecule has 0 aliphatic heterocycles. The zero-order valence-corrected chi connectivity index (χ0v) is 14.7. The number of benzene rings is 1. The summed E-state index contributed by atoms with van der Waals surface area (Å²) in [5.41, 5.74) is 7.22. The van der Waals surface area contributed by atoms with Gasteiger partial charge in [0.15, 0.2) is 0 Å². The third-order valence-corrected chi connectivity index (χ3v) is 4.29. The number of halogens is 2. The van der Waals surface area contributed by atoms with Crippen LogP contribution in [0.2, 0.25) is 5.02 Å². The Morgan fingerprint density at radius 2 is 1.96 bits per heavy atom. The zero-order chi connectivity index (χ0) is 16.1. The first-order valence-electron chi connectivity index (χ1n) is 7.58. The summed E-state index contributed by atoms with van der Waals surface area (Å²) in [6.45, 7) is 1.42. The number of carbonyl (C=O) groups excluding carboxylic acids is 2. The molecule has 2 rings (SSSR count). The second kappa shape index (κ2) is 9.11. The van der Waals surface area contributed by atoms with Gasteiger partial charge in [-0.05, 0) is 37.0 Å². The number of nitrogens with two attached hydrogens (primary N) is 1. The predicted molar refractivity (Wildman–Crippen MR) is 96.2 cm³/mol. The Labute approximate surface area is 147 Å². The maximum Gasteiger partial charge on any atom is 0.224 e. The Morgan fingerprint density at radius 3 is 2.57 bits per heavy atom. The molecule has 4 N–H and O–H groups in total. The van der Waals surface area contributed by atoms with Crippen molar-refractivity contribution in [2.45, 2.75) is 45.1 Å². The second-order valence-electron chi connectivity index (χ2n) is 5.84. The van der Waals surface area contributed by atoms with E-state index in [9.17, 15) is 9.59 Å². The van der Waals surface area contributed by atoms with Gasteiger partial charge in [-0.15, -0.1) is 12.4 Å². The van der Waals surface area contributed by atoms with Crippen molar-refractivity contribution >= 4 is 47.2 Å². The standard InChI is InChI=1S/C16H22ClN3O2.ClH/c1-10(21)19-15-7-6-12(9-13(15)17)20-16(22)8-11-4-2-3-5-14(11)18;/h6-7,9,11,14H,2-5,8,18H2,1H3,(H,19,21)(H,20,22);1H. The van der Waals surface area contributed by atoms with Gasteiger partial charge in [0.05, 0.1) is 10.7 Å². The van der Waals surface area contributed by atoms with Gasteiger partial charge in [-0.2, -0.15) is 0 Å². The third kappa shape index (κ3) is 6.01. The lowest BCUT2D eigenvalue weighted by molar-refractivity contribution is -0.117. The van der Waals surface area contributed by atoms with Crippen LogP contribution in [0.3, 0.4) is 0 Å². The van der Waals surface area contributed by atoms with E-state index in [0.717, 1.165) is 25.7 Å². The summed E-state index contributed by atoms with van der Waals surface area (Å²) in [6.07, 6.45) is 4.74. The first-order chi connectivity index (χ1) is 10.5. The molecule has 0 aromatic heterocycles. The molecule has 1 aliphatic carbocycles. The van der Waals surface area contributed by atoms with Crippen LogP contribution in [0.5, 0.6) is 0 Å². The topological polar surface area (TPSA) is 84.2 Å². The maximum absolute atomic E-state index is 12.1. The minimum Gasteiger partial charge on any atom is -0.327 e. The Morgan fingerprint density at radius 1 is 1.26 bits per heavy atom. The fourth-order valence-electron chi connectivity index (χ4n) is 2.82. The van der Waals surface area contributed by atoms with Gasteiger partial charge in [0.1, 0.15) is 0 Å². The van der Waals surface area contributed by atoms with Crippen molar-refractivity contribution in [1.29, 1.82) is 0 Å². The van der Waals surface area contributed by atoms with Gasteiger partial charge in [-0.1, -0.05) is 24.4 Å². The van der Waals surface area contributed by atoms with E-state index in [1.807, 2.05) is 0 Å². The smallest absolute Gasteiger partial charge is 0.224 e. The number of carbonyl (C=O) groups is 2. The van der Waals surface area contributed by atoms with Crippen LogP contribution in [-0.4, -0.2) is 17.9 Å². The molecule has 0 bridgehead atoms. The lowest BCUT2D eigenvalue weighted by Gasteiger charge is -2.27. The Bertz CT molecular complexity index is 566. The van der Waals surface area contributed by atoms with Crippen molar-refractivity contribution in [3.05, 3.63) is 23.2 Å². The first-order valence-corrected chi connectivity index (χ1v) is 7.96. The summed E-state index contributed by atoms with van der Waals surface area (Å²) < 4.78 is 0. The highest BCUT2D eigenvalue weighted by molar-refractivity contribution is 6.34. The second-order valence-corrected chi connectivity index (χ2v) is 6.24. The molecular formula is C16H23Cl2N3O2. The molecule has 0 saturated heterocycles. The molecule has 2 atom stereocenters. The van der Waals surface area contributed by atoms with Gasteiger partial charge in [-0.25, -0.2) is 0 Å². The first kappa shape index (κ1) is 19.7. The van der Waals surface area contributed by atoms with Crippen LogP contribution >= 0.6 is 24.0 Å². The summed E-state index contributed by atoms with van der Waals surface area (Å²) in [5.74, 6) is 0.0125. The minimum absolute atomic E-state index is 0. The molecule has 7 heteroatoms. The molecule has 1 fully saturated rings. The van der Waals surface area contributed by atoms with Crippen LogP contribution in [0, 0.1) is 5.92 Å². The molecule has 1 aliphatic rings. The summed E-state index contributed by atoms with van der Waals surface area (Å²) in [4.78, 5) is 23.1. The van der Waals surface area contributed by atoms with E-state index >= 15 is 0 Å². The predicted octanol–water partition coefficient (Wildman–Crippen LogP) is 3.57. The van der Waals surface area contributed by atoms with E-state index in [1.54, 1.807) is 18.2 Å². The summed E-state index contributed by atoms with van der Waals surface area (Å²) >= 11 is 6.09. The van der Waals surface area contributed by atoms with Crippen LogP contribution in [0.25, 0.3) is 0 Å². The summed E-state index contributed by atoms with van der Waals surface area (Å²) in [5, 5.41) is 5.86. The Balaban J connectivity index is 0.00000264. The highest BCUT2D eigenvalue weighted by Gasteiger charge is 2.24. The number of hydrogen-bond acceptors (Lipinski definition) is 3. The average molecular weight is 360 g/mol. The van der Waals surface area contributed by atoms with Crippen LogP contribution in [0.1, 0.15) is 39.0 Å². The van der Waals surface area contributed by atoms with Gasteiger partial charge in [-0.3, -0.25) is 9.59 Å². The maximum atomic E-state index is 12.1. The highest BCUT2D eigenvalue weighted by atomic mass is 35.5. The molecule has 5 nitrogen and oxygen atoms in total. The molecule has 0 radical (unpaired) electrons. The molecule has 128 valence electrons. The van der Waals surface area contributed by atoms with Crippen LogP contribution in [-0.2, 0) is 9.59 Å². The Hall–Kier alpha value is -1.30. The van der Waals surface area contributed by atoms with Crippen molar-refractivity contribution in [2.75, 3.05) is 10.6 Å². The van der Waals surface area contributed by atoms with Crippen molar-refractivity contribution in [3.8, 4) is 0 Å². The number of amides is 2. The lowest BCUT2D eigenvalue weighted by Crippen LogP contribution is -2.35. The van der Waals surface area contributed by atoms with E-state index in [4.69, 9.17) is 17.3 Å². The van der Waals surface area contributed by atoms with Crippen LogP contribution in [0.15, 0.2) is 18.2 Å². The minimum atomic E-state index is -0.190. The SMILES string of the molecule is CC(=O)Nc1ccc(NC(=O)CC2CCCCC2N)cc1Cl.Cl. The third-order valence-electron chi connectivity index (χ3n) is 3.98. The molecule has 1 saturated carbocycles. The van der Waals surface area contributed by atoms with E-state index in [2.05, 4.69) is 10.6 Å². The number of anilines is 2. The largest absolute Gasteiger partial charge is 0.327 e. The van der Waals surface area contributed by atoms with Gasteiger partial charge < -0.3 is 16.4 Å². The summed E-state index contributed by atoms with van der Waals surface area (Å²) in [7, 11) is 0. The monoisotopic (exact) mass is 359 g/mol. The fourth-order valence-corrected chi connectivity index (χ4v) is 3.05.